The quantitative estimate of drug-likeness (QED) is 0.135. The van der Waals surface area contributed by atoms with Gasteiger partial charge in [0.15, 0.2) is 0 Å². The van der Waals surface area contributed by atoms with E-state index in [9.17, 15) is 8.78 Å². The first kappa shape index (κ1) is 45.4. The Labute approximate surface area is 416 Å². The van der Waals surface area contributed by atoms with E-state index < -0.39 is 0 Å². The number of hydrogen-bond acceptors (Lipinski definition) is 4. The number of hydrogen-bond donors (Lipinski definition) is 0. The van der Waals surface area contributed by atoms with Gasteiger partial charge in [-0.1, -0.05) is 137 Å². The van der Waals surface area contributed by atoms with E-state index in [0.717, 1.165) is 83.8 Å². The smallest absolute Gasteiger partial charge is 0.135 e. The maximum Gasteiger partial charge on any atom is 0.135 e. The Morgan fingerprint density at radius 3 is 1.88 bits per heavy atom. The number of pyridine rings is 1. The molecule has 0 spiro atoms. The number of nitrogens with zero attached hydrogens (tertiary/aromatic N) is 4. The van der Waals surface area contributed by atoms with E-state index in [1.54, 1.807) is 24.3 Å². The van der Waals surface area contributed by atoms with E-state index in [0.29, 0.717) is 11.5 Å². The van der Waals surface area contributed by atoms with Gasteiger partial charge in [-0.2, -0.15) is 6.07 Å². The third kappa shape index (κ3) is 8.50. The third-order valence-corrected chi connectivity index (χ3v) is 12.8. The van der Waals surface area contributed by atoms with Crippen molar-refractivity contribution >= 4 is 44.6 Å². The molecule has 8 aromatic carbocycles. The molecule has 10 aromatic rings. The fourth-order valence-corrected chi connectivity index (χ4v) is 9.44. The molecule has 0 N–H and O–H groups in total. The van der Waals surface area contributed by atoms with Crippen molar-refractivity contribution in [3.8, 4) is 50.7 Å². The van der Waals surface area contributed by atoms with Gasteiger partial charge in [0.25, 0.3) is 0 Å². The predicted octanol–water partition coefficient (Wildman–Crippen LogP) is 16.7. The Morgan fingerprint density at radius 2 is 1.20 bits per heavy atom. The Morgan fingerprint density at radius 1 is 0.580 bits per heavy atom. The normalized spacial score (nSPS) is 12.5. The van der Waals surface area contributed by atoms with E-state index in [1.807, 2.05) is 42.6 Å². The second kappa shape index (κ2) is 18.3. The van der Waals surface area contributed by atoms with E-state index in [2.05, 4.69) is 159 Å². The first-order valence-corrected chi connectivity index (χ1v) is 22.9. The molecule has 0 fully saturated rings. The molecule has 0 saturated heterocycles. The molecule has 69 heavy (non-hydrogen) atoms. The van der Waals surface area contributed by atoms with Crippen LogP contribution in [0.5, 0.6) is 11.5 Å². The van der Waals surface area contributed by atoms with E-state index >= 15 is 0 Å². The Balaban J connectivity index is 0.00000553. The van der Waals surface area contributed by atoms with Crippen LogP contribution in [0.3, 0.4) is 0 Å². The monoisotopic (exact) mass is 1080 g/mol. The minimum absolute atomic E-state index is 0. The van der Waals surface area contributed by atoms with Crippen LogP contribution in [0.15, 0.2) is 182 Å². The SMILES string of the molecule is CC(C)c1ccccc1-c1cc(Oc2[c-]c3c(cc2)c2ccccc2n3-c2cc(C(C)(C)C)ccn2)[c-]c(N2[CH-]N(c3c(-c4ccc(F)cc4)cccc3-c3ccc(F)cc3)c3ccccc32)c1.[Pt]. The number of ether oxygens (including phenoxy) is 1. The summed E-state index contributed by atoms with van der Waals surface area (Å²) >= 11 is 0. The number of rotatable bonds is 9. The summed E-state index contributed by atoms with van der Waals surface area (Å²) in [6, 6.07) is 64.2. The van der Waals surface area contributed by atoms with Crippen molar-refractivity contribution in [3.05, 3.63) is 224 Å². The molecule has 344 valence electrons. The molecule has 5 nitrogen and oxygen atoms in total. The topological polar surface area (TPSA) is 33.5 Å². The van der Waals surface area contributed by atoms with Gasteiger partial charge in [0.1, 0.15) is 17.5 Å². The molecule has 0 unspecified atom stereocenters. The number of halogens is 2. The molecular formula is C61H47F2N4OPt-3. The fourth-order valence-electron chi connectivity index (χ4n) is 9.44. The van der Waals surface area contributed by atoms with E-state index in [4.69, 9.17) is 9.72 Å². The third-order valence-electron chi connectivity index (χ3n) is 12.8. The summed E-state index contributed by atoms with van der Waals surface area (Å²) in [5, 5.41) is 2.15. The van der Waals surface area contributed by atoms with Crippen molar-refractivity contribution in [2.24, 2.45) is 0 Å². The van der Waals surface area contributed by atoms with Crippen LogP contribution in [0, 0.1) is 30.4 Å². The van der Waals surface area contributed by atoms with Gasteiger partial charge in [0.2, 0.25) is 0 Å². The summed E-state index contributed by atoms with van der Waals surface area (Å²) in [6.07, 6.45) is 1.88. The second-order valence-electron chi connectivity index (χ2n) is 18.6. The molecule has 1 aliphatic heterocycles. The average Bonchev–Trinajstić information content (AvgIpc) is 3.90. The van der Waals surface area contributed by atoms with Crippen molar-refractivity contribution in [3.63, 3.8) is 0 Å². The van der Waals surface area contributed by atoms with E-state index in [-0.39, 0.29) is 44.0 Å². The zero-order valence-electron chi connectivity index (χ0n) is 38.7. The number of para-hydroxylation sites is 4. The summed E-state index contributed by atoms with van der Waals surface area (Å²) in [5.41, 5.74) is 13.2. The zero-order chi connectivity index (χ0) is 46.7. The molecule has 3 heterocycles. The van der Waals surface area contributed by atoms with Crippen molar-refractivity contribution in [1.29, 1.82) is 0 Å². The number of benzene rings is 8. The number of anilines is 4. The zero-order valence-corrected chi connectivity index (χ0v) is 41.0. The maximum atomic E-state index is 14.4. The first-order chi connectivity index (χ1) is 33.0. The first-order valence-electron chi connectivity index (χ1n) is 22.9. The summed E-state index contributed by atoms with van der Waals surface area (Å²) in [6.45, 7) is 13.1. The van der Waals surface area contributed by atoms with Crippen molar-refractivity contribution in [2.45, 2.75) is 46.0 Å². The molecular weight excluding hydrogens is 1040 g/mol. The van der Waals surface area contributed by atoms with Crippen LogP contribution < -0.4 is 14.5 Å². The molecule has 0 saturated carbocycles. The molecule has 0 amide bonds. The van der Waals surface area contributed by atoms with Gasteiger partial charge in [-0.05, 0) is 99.1 Å². The number of aromatic nitrogens is 2. The molecule has 11 rings (SSSR count). The van der Waals surface area contributed by atoms with Crippen LogP contribution in [0.2, 0.25) is 0 Å². The largest absolute Gasteiger partial charge is 0.509 e. The van der Waals surface area contributed by atoms with Gasteiger partial charge in [-0.15, -0.1) is 53.6 Å². The molecule has 0 aliphatic carbocycles. The molecule has 8 heteroatoms. The van der Waals surface area contributed by atoms with Gasteiger partial charge in [0, 0.05) is 72.5 Å². The Hall–Kier alpha value is -7.34. The molecule has 2 aromatic heterocycles. The van der Waals surface area contributed by atoms with Crippen molar-refractivity contribution in [1.82, 2.24) is 9.55 Å². The molecule has 0 bridgehead atoms. The fraction of sp³-hybridized carbons (Fsp3) is 0.115. The molecule has 1 aliphatic rings. The molecule has 0 radical (unpaired) electrons. The van der Waals surface area contributed by atoms with Gasteiger partial charge >= 0.3 is 0 Å². The van der Waals surface area contributed by atoms with Crippen molar-refractivity contribution in [2.75, 3.05) is 9.80 Å². The van der Waals surface area contributed by atoms with Gasteiger partial charge in [0.05, 0.1) is 0 Å². The average molecular weight is 1090 g/mol. The van der Waals surface area contributed by atoms with Crippen molar-refractivity contribution < 1.29 is 34.6 Å². The van der Waals surface area contributed by atoms with Crippen LogP contribution in [0.1, 0.15) is 51.7 Å². The standard InChI is InChI=1S/C61H47F2N4O.Pt/c1-39(2)49-13-6-7-14-50(49)42-33-46(36-48(34-42)68-47-29-30-54-53-15-8-9-18-55(53)67(58(54)37-47)59-35-43(31-32-64-59)61(3,4)5)65-38-66(57-20-11-10-19-56(57)65)60-51(40-21-25-44(62)26-22-40)16-12-17-52(60)41-23-27-45(63)28-24-41;/h6-35,38-39H,1-5H3;/q-3;. The van der Waals surface area contributed by atoms with Crippen LogP contribution in [0.4, 0.5) is 31.5 Å². The minimum Gasteiger partial charge on any atom is -0.509 e. The Kier molecular flexibility index (Phi) is 12.0. The van der Waals surface area contributed by atoms with Gasteiger partial charge in [-0.25, -0.2) is 13.8 Å². The van der Waals surface area contributed by atoms with Gasteiger partial charge < -0.3 is 19.1 Å². The number of fused-ring (bicyclic) bond motifs is 4. The maximum absolute atomic E-state index is 14.4. The molecule has 0 atom stereocenters. The van der Waals surface area contributed by atoms with Crippen LogP contribution in [-0.4, -0.2) is 9.55 Å². The van der Waals surface area contributed by atoms with E-state index in [1.165, 1.54) is 35.4 Å². The van der Waals surface area contributed by atoms with Crippen LogP contribution in [-0.2, 0) is 26.5 Å². The summed E-state index contributed by atoms with van der Waals surface area (Å²) < 4.78 is 37.9. The minimum atomic E-state index is -0.315. The summed E-state index contributed by atoms with van der Waals surface area (Å²) in [5.74, 6) is 1.50. The second-order valence-corrected chi connectivity index (χ2v) is 18.6. The predicted molar refractivity (Wildman–Crippen MR) is 273 cm³/mol. The van der Waals surface area contributed by atoms with Crippen LogP contribution in [0.25, 0.3) is 61.0 Å². The Bertz CT molecular complexity index is 3460. The van der Waals surface area contributed by atoms with Crippen LogP contribution >= 0.6 is 0 Å². The van der Waals surface area contributed by atoms with Gasteiger partial charge in [-0.3, -0.25) is 0 Å². The summed E-state index contributed by atoms with van der Waals surface area (Å²) in [4.78, 5) is 9.19. The summed E-state index contributed by atoms with van der Waals surface area (Å²) in [7, 11) is 0.